The van der Waals surface area contributed by atoms with E-state index < -0.39 is 16.1 Å². The van der Waals surface area contributed by atoms with E-state index >= 15 is 0 Å². The zero-order valence-corrected chi connectivity index (χ0v) is 18.1. The summed E-state index contributed by atoms with van der Waals surface area (Å²) in [4.78, 5) is 12.8. The lowest BCUT2D eigenvalue weighted by Gasteiger charge is -2.23. The van der Waals surface area contributed by atoms with Gasteiger partial charge in [0.1, 0.15) is 27.5 Å². The Kier molecular flexibility index (Phi) is 6.66. The molecule has 1 aromatic heterocycles. The molecule has 1 saturated heterocycles. The largest absolute Gasteiger partial charge is 0.496 e. The minimum absolute atomic E-state index is 0.137. The minimum atomic E-state index is -3.68. The maximum absolute atomic E-state index is 12.9. The highest BCUT2D eigenvalue weighted by atomic mass is 32.2. The monoisotopic (exact) mass is 440 g/mol. The van der Waals surface area contributed by atoms with Crippen molar-refractivity contribution in [3.8, 4) is 17.2 Å². The number of carbonyl (C=O) groups is 1. The van der Waals surface area contributed by atoms with Gasteiger partial charge in [0.15, 0.2) is 0 Å². The lowest BCUT2D eigenvalue weighted by Crippen LogP contribution is -2.45. The number of carbonyl (C=O) groups excluding carboxylic acids is 1. The Labute approximate surface area is 174 Å². The van der Waals surface area contributed by atoms with Crippen molar-refractivity contribution in [1.82, 2.24) is 9.62 Å². The van der Waals surface area contributed by atoms with E-state index in [1.54, 1.807) is 36.8 Å². The number of hydrogen-bond acceptors (Lipinski definition) is 7. The van der Waals surface area contributed by atoms with Crippen LogP contribution < -0.4 is 19.5 Å². The molecule has 1 N–H and O–H groups in total. The summed E-state index contributed by atoms with van der Waals surface area (Å²) in [6, 6.07) is 5.91. The van der Waals surface area contributed by atoms with Gasteiger partial charge in [-0.2, -0.15) is 4.31 Å². The van der Waals surface area contributed by atoms with E-state index in [1.165, 1.54) is 18.5 Å². The van der Waals surface area contributed by atoms with Crippen LogP contribution in [0.5, 0.6) is 17.2 Å². The predicted molar refractivity (Wildman–Crippen MR) is 109 cm³/mol. The Balaban J connectivity index is 1.77. The van der Waals surface area contributed by atoms with Crippen LogP contribution in [-0.4, -0.2) is 52.5 Å². The van der Waals surface area contributed by atoms with Gasteiger partial charge in [-0.15, -0.1) is 11.3 Å². The van der Waals surface area contributed by atoms with Gasteiger partial charge in [0.25, 0.3) is 10.0 Å². The summed E-state index contributed by atoms with van der Waals surface area (Å²) in [5.74, 6) is 1.24. The number of nitrogens with zero attached hydrogens (tertiary/aromatic N) is 1. The second-order valence-electron chi connectivity index (χ2n) is 6.43. The molecule has 3 rings (SSSR count). The van der Waals surface area contributed by atoms with Crippen LogP contribution in [0.15, 0.2) is 33.9 Å². The molecule has 0 unspecified atom stereocenters. The first-order valence-corrected chi connectivity index (χ1v) is 11.4. The smallest absolute Gasteiger partial charge is 0.253 e. The van der Waals surface area contributed by atoms with Gasteiger partial charge in [-0.3, -0.25) is 4.79 Å². The van der Waals surface area contributed by atoms with Crippen LogP contribution in [0.25, 0.3) is 0 Å². The van der Waals surface area contributed by atoms with Crippen molar-refractivity contribution in [3.05, 3.63) is 35.2 Å². The quantitative estimate of drug-likeness (QED) is 0.677. The van der Waals surface area contributed by atoms with E-state index in [-0.39, 0.29) is 16.7 Å². The first-order chi connectivity index (χ1) is 13.9. The average molecular weight is 441 g/mol. The first-order valence-electron chi connectivity index (χ1n) is 9.04. The molecule has 0 bridgehead atoms. The van der Waals surface area contributed by atoms with Crippen LogP contribution in [0, 0.1) is 0 Å². The van der Waals surface area contributed by atoms with Crippen LogP contribution in [-0.2, 0) is 21.4 Å². The molecule has 158 valence electrons. The number of amides is 1. The second kappa shape index (κ2) is 9.02. The molecule has 29 heavy (non-hydrogen) atoms. The summed E-state index contributed by atoms with van der Waals surface area (Å²) in [7, 11) is 0.897. The molecule has 8 nitrogen and oxygen atoms in total. The van der Waals surface area contributed by atoms with Crippen LogP contribution >= 0.6 is 11.3 Å². The van der Waals surface area contributed by atoms with Gasteiger partial charge in [0.2, 0.25) is 5.91 Å². The van der Waals surface area contributed by atoms with Gasteiger partial charge in [-0.25, -0.2) is 8.42 Å². The molecule has 2 heterocycles. The maximum Gasteiger partial charge on any atom is 0.253 e. The lowest BCUT2D eigenvalue weighted by atomic mass is 10.1. The SMILES string of the molecule is COc1cc(OC)c(CNC(=O)[C@@H]2CCCN2S(=O)(=O)c2cccs2)c(OC)c1. The molecular weight excluding hydrogens is 416 g/mol. The number of ether oxygens (including phenoxy) is 3. The van der Waals surface area contributed by atoms with Crippen molar-refractivity contribution < 1.29 is 27.4 Å². The third kappa shape index (κ3) is 4.34. The van der Waals surface area contributed by atoms with Crippen molar-refractivity contribution >= 4 is 27.3 Å². The second-order valence-corrected chi connectivity index (χ2v) is 9.50. The number of nitrogens with one attached hydrogen (secondary N) is 1. The zero-order valence-electron chi connectivity index (χ0n) is 16.5. The van der Waals surface area contributed by atoms with Crippen molar-refractivity contribution in [3.63, 3.8) is 0 Å². The van der Waals surface area contributed by atoms with E-state index in [0.717, 1.165) is 11.3 Å². The van der Waals surface area contributed by atoms with Gasteiger partial charge < -0.3 is 19.5 Å². The zero-order chi connectivity index (χ0) is 21.0. The summed E-state index contributed by atoms with van der Waals surface area (Å²) in [6.45, 7) is 0.464. The van der Waals surface area contributed by atoms with Crippen LogP contribution in [0.3, 0.4) is 0 Å². The highest BCUT2D eigenvalue weighted by molar-refractivity contribution is 7.91. The van der Waals surface area contributed by atoms with E-state index in [0.29, 0.717) is 42.2 Å². The average Bonchev–Trinajstić information content (AvgIpc) is 3.43. The molecule has 0 aliphatic carbocycles. The minimum Gasteiger partial charge on any atom is -0.496 e. The highest BCUT2D eigenvalue weighted by Crippen LogP contribution is 2.34. The summed E-state index contributed by atoms with van der Waals surface area (Å²) >= 11 is 1.15. The Hall–Kier alpha value is -2.30. The summed E-state index contributed by atoms with van der Waals surface area (Å²) in [5, 5.41) is 4.54. The fourth-order valence-corrected chi connectivity index (χ4v) is 6.14. The van der Waals surface area contributed by atoms with E-state index in [1.807, 2.05) is 0 Å². The van der Waals surface area contributed by atoms with Crippen molar-refractivity contribution in [2.45, 2.75) is 29.6 Å². The number of sulfonamides is 1. The van der Waals surface area contributed by atoms with Gasteiger partial charge in [0, 0.05) is 18.7 Å². The summed E-state index contributed by atoms with van der Waals surface area (Å²) < 4.78 is 43.3. The molecule has 10 heteroatoms. The maximum atomic E-state index is 12.9. The molecule has 1 aromatic carbocycles. The standard InChI is InChI=1S/C19H24N2O6S2/c1-25-13-10-16(26-2)14(17(11-13)27-3)12-20-19(22)15-6-4-8-21(15)29(23,24)18-7-5-9-28-18/h5,7,9-11,15H,4,6,8,12H2,1-3H3,(H,20,22)/t15-/m0/s1. The first kappa shape index (κ1) is 21.4. The van der Waals surface area contributed by atoms with Gasteiger partial charge in [-0.05, 0) is 24.3 Å². The van der Waals surface area contributed by atoms with E-state index in [9.17, 15) is 13.2 Å². The highest BCUT2D eigenvalue weighted by Gasteiger charge is 2.39. The fraction of sp³-hybridized carbons (Fsp3) is 0.421. The van der Waals surface area contributed by atoms with Crippen LogP contribution in [0.2, 0.25) is 0 Å². The van der Waals surface area contributed by atoms with Crippen LogP contribution in [0.1, 0.15) is 18.4 Å². The van der Waals surface area contributed by atoms with Gasteiger partial charge in [-0.1, -0.05) is 6.07 Å². The molecular formula is C19H24N2O6S2. The third-order valence-corrected chi connectivity index (χ3v) is 8.10. The number of thiophene rings is 1. The van der Waals surface area contributed by atoms with Gasteiger partial charge in [0.05, 0.1) is 33.4 Å². The van der Waals surface area contributed by atoms with Crippen molar-refractivity contribution in [2.24, 2.45) is 0 Å². The van der Waals surface area contributed by atoms with Crippen molar-refractivity contribution in [2.75, 3.05) is 27.9 Å². The molecule has 0 spiro atoms. The Morgan fingerprint density at radius 3 is 2.45 bits per heavy atom. The molecule has 1 aliphatic heterocycles. The number of rotatable bonds is 8. The molecule has 1 atom stereocenters. The van der Waals surface area contributed by atoms with Crippen LogP contribution in [0.4, 0.5) is 0 Å². The predicted octanol–water partition coefficient (Wildman–Crippen LogP) is 2.24. The number of hydrogen-bond donors (Lipinski definition) is 1. The fourth-order valence-electron chi connectivity index (χ4n) is 3.36. The molecule has 0 saturated carbocycles. The lowest BCUT2D eigenvalue weighted by molar-refractivity contribution is -0.124. The molecule has 2 aromatic rings. The topological polar surface area (TPSA) is 94.2 Å². The third-order valence-electron chi connectivity index (χ3n) is 4.82. The van der Waals surface area contributed by atoms with E-state index in [4.69, 9.17) is 14.2 Å². The number of methoxy groups -OCH3 is 3. The Bertz CT molecular complexity index is 934. The van der Waals surface area contributed by atoms with E-state index in [2.05, 4.69) is 5.32 Å². The molecule has 1 aliphatic rings. The Morgan fingerprint density at radius 2 is 1.90 bits per heavy atom. The normalized spacial score (nSPS) is 17.1. The van der Waals surface area contributed by atoms with Crippen molar-refractivity contribution in [1.29, 1.82) is 0 Å². The van der Waals surface area contributed by atoms with Gasteiger partial charge >= 0.3 is 0 Å². The summed E-state index contributed by atoms with van der Waals surface area (Å²) in [5.41, 5.74) is 0.648. The molecule has 1 amide bonds. The summed E-state index contributed by atoms with van der Waals surface area (Å²) in [6.07, 6.45) is 1.12. The molecule has 1 fully saturated rings. The molecule has 0 radical (unpaired) electrons. The number of benzene rings is 1. The Morgan fingerprint density at radius 1 is 1.21 bits per heavy atom.